The average Bonchev–Trinajstić information content (AvgIpc) is 2.28. The zero-order chi connectivity index (χ0) is 13.2. The highest BCUT2D eigenvalue weighted by Crippen LogP contribution is 2.25. The van der Waals surface area contributed by atoms with Crippen molar-refractivity contribution in [2.75, 3.05) is 24.3 Å². The number of hydrogen-bond acceptors (Lipinski definition) is 5. The Balaban J connectivity index is 3.21. The van der Waals surface area contributed by atoms with Gasteiger partial charge in [-0.3, -0.25) is 0 Å². The predicted octanol–water partition coefficient (Wildman–Crippen LogP) is 0.569. The van der Waals surface area contributed by atoms with Gasteiger partial charge in [0.1, 0.15) is 0 Å². The topological polar surface area (TPSA) is 99.7 Å². The van der Waals surface area contributed by atoms with E-state index in [1.807, 2.05) is 13.8 Å². The summed E-state index contributed by atoms with van der Waals surface area (Å²) in [5, 5.41) is 18.1. The third-order valence-corrected chi connectivity index (χ3v) is 2.74. The summed E-state index contributed by atoms with van der Waals surface area (Å²) in [6, 6.07) is 2.84. The van der Waals surface area contributed by atoms with Crippen LogP contribution < -0.4 is 10.6 Å². The summed E-state index contributed by atoms with van der Waals surface area (Å²) >= 11 is 0. The van der Waals surface area contributed by atoms with Crippen LogP contribution in [0.15, 0.2) is 12.1 Å². The fourth-order valence-corrected chi connectivity index (χ4v) is 1.24. The van der Waals surface area contributed by atoms with Gasteiger partial charge in [-0.25, -0.2) is 9.78 Å². The van der Waals surface area contributed by atoms with Crippen LogP contribution in [0.1, 0.15) is 24.3 Å². The first kappa shape index (κ1) is 13.2. The highest BCUT2D eigenvalue weighted by Gasteiger charge is 2.25. The number of aliphatic hydroxyl groups is 1. The Kier molecular flexibility index (Phi) is 3.57. The molecule has 0 radical (unpaired) electrons. The summed E-state index contributed by atoms with van der Waals surface area (Å²) in [5.74, 6) is -0.759. The zero-order valence-corrected chi connectivity index (χ0v) is 10.1. The number of nitrogens with zero attached hydrogens (tertiary/aromatic N) is 2. The van der Waals surface area contributed by atoms with E-state index >= 15 is 0 Å². The van der Waals surface area contributed by atoms with Crippen molar-refractivity contribution in [2.45, 2.75) is 19.4 Å². The van der Waals surface area contributed by atoms with Crippen LogP contribution in [0.3, 0.4) is 0 Å². The predicted molar refractivity (Wildman–Crippen MR) is 65.2 cm³/mol. The minimum absolute atomic E-state index is 0.0743. The molecule has 6 heteroatoms. The molecule has 1 aromatic rings. The molecule has 0 saturated carbocycles. The fourth-order valence-electron chi connectivity index (χ4n) is 1.24. The van der Waals surface area contributed by atoms with Crippen molar-refractivity contribution < 1.29 is 15.0 Å². The number of hydrogen-bond donors (Lipinski definition) is 3. The van der Waals surface area contributed by atoms with Crippen LogP contribution in [0.25, 0.3) is 0 Å². The lowest BCUT2D eigenvalue weighted by atomic mass is 10.1. The van der Waals surface area contributed by atoms with Gasteiger partial charge < -0.3 is 20.8 Å². The molecular formula is C11H17N3O3. The summed E-state index contributed by atoms with van der Waals surface area (Å²) < 4.78 is 0. The van der Waals surface area contributed by atoms with Gasteiger partial charge in [0.2, 0.25) is 0 Å². The molecule has 0 aromatic carbocycles. The van der Waals surface area contributed by atoms with Crippen LogP contribution in [-0.4, -0.2) is 40.4 Å². The minimum atomic E-state index is -1.11. The molecule has 0 aliphatic carbocycles. The van der Waals surface area contributed by atoms with Gasteiger partial charge in [0, 0.05) is 7.05 Å². The molecule has 0 bridgehead atoms. The molecule has 0 fully saturated rings. The third-order valence-electron chi connectivity index (χ3n) is 2.74. The summed E-state index contributed by atoms with van der Waals surface area (Å²) in [6.45, 7) is 3.52. The lowest BCUT2D eigenvalue weighted by Crippen LogP contribution is -2.45. The summed E-state index contributed by atoms with van der Waals surface area (Å²) in [6.07, 6.45) is 0. The van der Waals surface area contributed by atoms with Crippen LogP contribution >= 0.6 is 0 Å². The van der Waals surface area contributed by atoms with E-state index in [9.17, 15) is 9.90 Å². The number of aliphatic hydroxyl groups excluding tert-OH is 1. The average molecular weight is 239 g/mol. The highest BCUT2D eigenvalue weighted by molar-refractivity contribution is 5.87. The number of carboxylic acids is 1. The first-order valence-corrected chi connectivity index (χ1v) is 5.14. The summed E-state index contributed by atoms with van der Waals surface area (Å²) in [7, 11) is 1.71. The Morgan fingerprint density at radius 3 is 2.59 bits per heavy atom. The molecule has 94 valence electrons. The Bertz CT molecular complexity index is 432. The lowest BCUT2D eigenvalue weighted by Gasteiger charge is -2.35. The molecule has 1 rings (SSSR count). The van der Waals surface area contributed by atoms with Crippen molar-refractivity contribution in [3.63, 3.8) is 0 Å². The maximum atomic E-state index is 10.8. The molecule has 0 unspecified atom stereocenters. The van der Waals surface area contributed by atoms with Gasteiger partial charge in [0.25, 0.3) is 0 Å². The number of anilines is 2. The van der Waals surface area contributed by atoms with Gasteiger partial charge in [-0.05, 0) is 26.0 Å². The van der Waals surface area contributed by atoms with E-state index in [1.165, 1.54) is 12.1 Å². The molecule has 17 heavy (non-hydrogen) atoms. The van der Waals surface area contributed by atoms with Crippen molar-refractivity contribution in [1.82, 2.24) is 4.98 Å². The Morgan fingerprint density at radius 2 is 2.12 bits per heavy atom. The van der Waals surface area contributed by atoms with Crippen molar-refractivity contribution in [3.05, 3.63) is 17.8 Å². The second-order valence-corrected chi connectivity index (χ2v) is 4.44. The van der Waals surface area contributed by atoms with Gasteiger partial charge in [0.15, 0.2) is 11.5 Å². The smallest absolute Gasteiger partial charge is 0.354 e. The lowest BCUT2D eigenvalue weighted by molar-refractivity contribution is 0.0690. The fraction of sp³-hybridized carbons (Fsp3) is 0.455. The van der Waals surface area contributed by atoms with E-state index < -0.39 is 11.5 Å². The quantitative estimate of drug-likeness (QED) is 0.710. The molecule has 6 nitrogen and oxygen atoms in total. The number of carbonyl (C=O) groups is 1. The SMILES string of the molecule is CN(c1nc(C(=O)O)ccc1N)C(C)(C)CO. The standard InChI is InChI=1S/C11H17N3O3/c1-11(2,6-15)14(3)9-7(12)4-5-8(13-9)10(16)17/h4-5,15H,6,12H2,1-3H3,(H,16,17). The van der Waals surface area contributed by atoms with Crippen molar-refractivity contribution in [3.8, 4) is 0 Å². The summed E-state index contributed by atoms with van der Waals surface area (Å²) in [4.78, 5) is 16.5. The number of aromatic nitrogens is 1. The van der Waals surface area contributed by atoms with Crippen LogP contribution in [0, 0.1) is 0 Å². The van der Waals surface area contributed by atoms with Crippen LogP contribution in [-0.2, 0) is 0 Å². The maximum absolute atomic E-state index is 10.8. The number of likely N-dealkylation sites (N-methyl/N-ethyl adjacent to an activating group) is 1. The molecule has 0 saturated heterocycles. The van der Waals surface area contributed by atoms with E-state index in [0.29, 0.717) is 11.5 Å². The zero-order valence-electron chi connectivity index (χ0n) is 10.1. The molecule has 0 amide bonds. The largest absolute Gasteiger partial charge is 0.477 e. The normalized spacial score (nSPS) is 11.3. The molecule has 0 spiro atoms. The molecule has 4 N–H and O–H groups in total. The number of nitrogens with two attached hydrogens (primary N) is 1. The highest BCUT2D eigenvalue weighted by atomic mass is 16.4. The van der Waals surface area contributed by atoms with E-state index in [-0.39, 0.29) is 12.3 Å². The Hall–Kier alpha value is -1.82. The second-order valence-electron chi connectivity index (χ2n) is 4.44. The third kappa shape index (κ3) is 2.65. The number of pyridine rings is 1. The van der Waals surface area contributed by atoms with Crippen molar-refractivity contribution >= 4 is 17.5 Å². The molecular weight excluding hydrogens is 222 g/mol. The van der Waals surface area contributed by atoms with Gasteiger partial charge in [-0.15, -0.1) is 0 Å². The van der Waals surface area contributed by atoms with E-state index in [4.69, 9.17) is 10.8 Å². The van der Waals surface area contributed by atoms with Crippen LogP contribution in [0.5, 0.6) is 0 Å². The first-order chi connectivity index (χ1) is 7.79. The van der Waals surface area contributed by atoms with Gasteiger partial charge >= 0.3 is 5.97 Å². The monoisotopic (exact) mass is 239 g/mol. The molecule has 0 aliphatic rings. The van der Waals surface area contributed by atoms with Gasteiger partial charge in [-0.1, -0.05) is 0 Å². The number of carboxylic acid groups (broad SMARTS) is 1. The second kappa shape index (κ2) is 4.58. The number of nitrogen functional groups attached to an aromatic ring is 1. The minimum Gasteiger partial charge on any atom is -0.477 e. The Morgan fingerprint density at radius 1 is 1.53 bits per heavy atom. The van der Waals surface area contributed by atoms with E-state index in [2.05, 4.69) is 4.98 Å². The maximum Gasteiger partial charge on any atom is 0.354 e. The van der Waals surface area contributed by atoms with Gasteiger partial charge in [-0.2, -0.15) is 0 Å². The Labute approximate surface area is 99.7 Å². The number of rotatable bonds is 4. The van der Waals surface area contributed by atoms with Gasteiger partial charge in [0.05, 0.1) is 17.8 Å². The van der Waals surface area contributed by atoms with E-state index in [1.54, 1.807) is 11.9 Å². The number of aromatic carboxylic acids is 1. The first-order valence-electron chi connectivity index (χ1n) is 5.14. The van der Waals surface area contributed by atoms with Crippen molar-refractivity contribution in [1.29, 1.82) is 0 Å². The summed E-state index contributed by atoms with van der Waals surface area (Å²) in [5.41, 5.74) is 5.49. The molecule has 1 heterocycles. The van der Waals surface area contributed by atoms with Crippen LogP contribution in [0.4, 0.5) is 11.5 Å². The van der Waals surface area contributed by atoms with Crippen molar-refractivity contribution in [2.24, 2.45) is 0 Å². The van der Waals surface area contributed by atoms with Crippen LogP contribution in [0.2, 0.25) is 0 Å². The molecule has 0 aliphatic heterocycles. The van der Waals surface area contributed by atoms with E-state index in [0.717, 1.165) is 0 Å². The molecule has 1 aromatic heterocycles. The molecule has 0 atom stereocenters.